The predicted molar refractivity (Wildman–Crippen MR) is 182 cm³/mol. The normalized spacial score (nSPS) is 15.9. The molecule has 6 rings (SSSR count). The van der Waals surface area contributed by atoms with E-state index >= 15 is 0 Å². The summed E-state index contributed by atoms with van der Waals surface area (Å²) >= 11 is 8.44. The van der Waals surface area contributed by atoms with Crippen molar-refractivity contribution >= 4 is 45.2 Å². The van der Waals surface area contributed by atoms with Gasteiger partial charge in [0.15, 0.2) is 0 Å². The molecule has 9 nitrogen and oxygen atoms in total. The Morgan fingerprint density at radius 2 is 1.84 bits per heavy atom. The van der Waals surface area contributed by atoms with E-state index in [4.69, 9.17) is 11.6 Å². The molecule has 1 aliphatic rings. The van der Waals surface area contributed by atoms with Crippen LogP contribution in [0.5, 0.6) is 0 Å². The number of fused-ring (bicyclic) bond motifs is 1. The molecule has 2 aromatic carbocycles. The van der Waals surface area contributed by atoms with E-state index in [1.54, 1.807) is 17.5 Å². The molecular weight excluding hydrogens is 602 g/mol. The molecule has 0 radical (unpaired) electrons. The Morgan fingerprint density at radius 3 is 2.51 bits per heavy atom. The van der Waals surface area contributed by atoms with E-state index in [1.807, 2.05) is 47.4 Å². The maximum atomic E-state index is 10.0. The molecule has 1 aliphatic heterocycles. The first-order chi connectivity index (χ1) is 21.6. The van der Waals surface area contributed by atoms with Crippen molar-refractivity contribution in [2.75, 3.05) is 23.7 Å². The number of hydrogen-bond donors (Lipinski definition) is 2. The van der Waals surface area contributed by atoms with Crippen molar-refractivity contribution in [2.24, 2.45) is 0 Å². The smallest absolute Gasteiger partial charge is 0.110 e. The summed E-state index contributed by atoms with van der Waals surface area (Å²) in [7, 11) is 0. The van der Waals surface area contributed by atoms with Gasteiger partial charge >= 0.3 is 0 Å². The van der Waals surface area contributed by atoms with Crippen LogP contribution in [0.4, 0.5) is 11.4 Å². The minimum Gasteiger partial charge on any atom is -0.377 e. The fraction of sp³-hybridized carbons (Fsp3) is 0.382. The quantitative estimate of drug-likeness (QED) is 0.176. The molecule has 5 aromatic rings. The molecule has 0 saturated carbocycles. The number of rotatable bonds is 8. The zero-order chi connectivity index (χ0) is 31.7. The number of nitrogens with zero attached hydrogens (tertiary/aromatic N) is 7. The lowest BCUT2D eigenvalue weighted by Gasteiger charge is -2.40. The van der Waals surface area contributed by atoms with Gasteiger partial charge in [0.05, 0.1) is 50.1 Å². The molecule has 45 heavy (non-hydrogen) atoms. The van der Waals surface area contributed by atoms with Crippen molar-refractivity contribution in [3.8, 4) is 6.07 Å². The Hall–Kier alpha value is -4.04. The van der Waals surface area contributed by atoms with Crippen LogP contribution < -0.4 is 10.6 Å². The van der Waals surface area contributed by atoms with E-state index in [9.17, 15) is 5.26 Å². The van der Waals surface area contributed by atoms with Gasteiger partial charge in [-0.05, 0) is 65.2 Å². The standard InChI is InChI=1S/C34H38ClN9S/c1-21(23-9-7-6-8-10-23)39-30-24(17-36)18-37-31-27(30)15-25(16-28(31)35)40-32(33-22(2)38-20-45-33)29-19-44(42-41-29)26-11-13-43(14-12-26)34(3,4)5/h6-10,15-16,18-21,26,32,40H,11-14H2,1-5H3,(H,37,39)/t21-,32-/m1/s1. The number of nitrogens with one attached hydrogen (secondary N) is 2. The third-order valence-corrected chi connectivity index (χ3v) is 9.96. The third-order valence-electron chi connectivity index (χ3n) is 8.67. The molecule has 1 saturated heterocycles. The van der Waals surface area contributed by atoms with Gasteiger partial charge in [-0.15, -0.1) is 16.4 Å². The number of benzene rings is 2. The lowest BCUT2D eigenvalue weighted by atomic mass is 9.98. The highest BCUT2D eigenvalue weighted by Crippen LogP contribution is 2.38. The molecule has 2 N–H and O–H groups in total. The molecule has 0 spiro atoms. The Bertz CT molecular complexity index is 1830. The van der Waals surface area contributed by atoms with Gasteiger partial charge in [-0.1, -0.05) is 47.1 Å². The van der Waals surface area contributed by atoms with Gasteiger partial charge in [-0.25, -0.2) is 9.67 Å². The summed E-state index contributed by atoms with van der Waals surface area (Å²) in [6.45, 7) is 13.0. The lowest BCUT2D eigenvalue weighted by molar-refractivity contribution is 0.0866. The number of aromatic nitrogens is 5. The van der Waals surface area contributed by atoms with Crippen LogP contribution in [0.3, 0.4) is 0 Å². The summed E-state index contributed by atoms with van der Waals surface area (Å²) in [6.07, 6.45) is 5.71. The molecule has 0 unspecified atom stereocenters. The van der Waals surface area contributed by atoms with Crippen molar-refractivity contribution in [1.82, 2.24) is 29.9 Å². The Labute approximate surface area is 273 Å². The largest absolute Gasteiger partial charge is 0.377 e. The Balaban J connectivity index is 1.34. The van der Waals surface area contributed by atoms with Gasteiger partial charge in [0.1, 0.15) is 17.8 Å². The van der Waals surface area contributed by atoms with Crippen LogP contribution in [-0.4, -0.2) is 48.5 Å². The molecule has 11 heteroatoms. The average molecular weight is 640 g/mol. The first kappa shape index (κ1) is 31.0. The van der Waals surface area contributed by atoms with Gasteiger partial charge in [-0.3, -0.25) is 9.88 Å². The number of halogens is 1. The van der Waals surface area contributed by atoms with Gasteiger partial charge in [0.2, 0.25) is 0 Å². The number of nitriles is 1. The number of piperidine rings is 1. The zero-order valence-corrected chi connectivity index (χ0v) is 27.8. The summed E-state index contributed by atoms with van der Waals surface area (Å²) in [4.78, 5) is 12.7. The van der Waals surface area contributed by atoms with Crippen molar-refractivity contribution in [3.63, 3.8) is 0 Å². The molecule has 1 fully saturated rings. The van der Waals surface area contributed by atoms with Gasteiger partial charge in [0, 0.05) is 41.9 Å². The molecule has 0 amide bonds. The van der Waals surface area contributed by atoms with Crippen LogP contribution in [0.15, 0.2) is 60.4 Å². The second kappa shape index (κ2) is 12.8. The highest BCUT2D eigenvalue weighted by molar-refractivity contribution is 7.09. The van der Waals surface area contributed by atoms with Gasteiger partial charge in [0.25, 0.3) is 0 Å². The predicted octanol–water partition coefficient (Wildman–Crippen LogP) is 7.93. The topological polar surface area (TPSA) is 108 Å². The first-order valence-electron chi connectivity index (χ1n) is 15.3. The number of anilines is 2. The molecular formula is C34H38ClN9S. The van der Waals surface area contributed by atoms with Crippen molar-refractivity contribution in [2.45, 2.75) is 71.1 Å². The van der Waals surface area contributed by atoms with Crippen LogP contribution in [0.2, 0.25) is 5.02 Å². The van der Waals surface area contributed by atoms with Crippen LogP contribution in [0.1, 0.15) is 86.1 Å². The Morgan fingerprint density at radius 1 is 1.09 bits per heavy atom. The number of hydrogen-bond acceptors (Lipinski definition) is 9. The van der Waals surface area contributed by atoms with E-state index in [0.29, 0.717) is 27.8 Å². The van der Waals surface area contributed by atoms with Crippen LogP contribution in [0, 0.1) is 18.3 Å². The number of aryl methyl sites for hydroxylation is 1. The molecule has 0 aliphatic carbocycles. The molecule has 3 aromatic heterocycles. The second-order valence-corrected chi connectivity index (χ2v) is 14.0. The molecule has 232 valence electrons. The monoisotopic (exact) mass is 639 g/mol. The molecule has 2 atom stereocenters. The fourth-order valence-corrected chi connectivity index (χ4v) is 7.19. The molecule has 4 heterocycles. The number of thiazole rings is 1. The summed E-state index contributed by atoms with van der Waals surface area (Å²) in [5.74, 6) is 0. The summed E-state index contributed by atoms with van der Waals surface area (Å²) in [5.41, 5.74) is 7.44. The number of pyridine rings is 1. The highest BCUT2D eigenvalue weighted by Gasteiger charge is 2.30. The maximum absolute atomic E-state index is 10.0. The second-order valence-electron chi connectivity index (χ2n) is 12.7. The summed E-state index contributed by atoms with van der Waals surface area (Å²) in [6, 6.07) is 16.3. The van der Waals surface area contributed by atoms with E-state index < -0.39 is 0 Å². The molecule has 0 bridgehead atoms. The van der Waals surface area contributed by atoms with Gasteiger partial charge < -0.3 is 10.6 Å². The van der Waals surface area contributed by atoms with Crippen LogP contribution in [0.25, 0.3) is 10.9 Å². The van der Waals surface area contributed by atoms with Crippen molar-refractivity contribution in [3.05, 3.63) is 92.8 Å². The van der Waals surface area contributed by atoms with E-state index in [1.165, 1.54) is 0 Å². The zero-order valence-electron chi connectivity index (χ0n) is 26.3. The SMILES string of the molecule is Cc1ncsc1[C@H](Nc1cc(Cl)c2ncc(C#N)c(N[C@H](C)c3ccccc3)c2c1)c1cn(C2CCN(C(C)(C)C)CC2)nn1. The first-order valence-corrected chi connectivity index (χ1v) is 16.5. The van der Waals surface area contributed by atoms with Gasteiger partial charge in [-0.2, -0.15) is 5.26 Å². The average Bonchev–Trinajstić information content (AvgIpc) is 3.70. The lowest BCUT2D eigenvalue weighted by Crippen LogP contribution is -2.46. The third kappa shape index (κ3) is 6.52. The van der Waals surface area contributed by atoms with Crippen LogP contribution in [-0.2, 0) is 0 Å². The van der Waals surface area contributed by atoms with E-state index in [2.05, 4.69) is 87.9 Å². The fourth-order valence-electron chi connectivity index (χ4n) is 6.06. The minimum atomic E-state index is -0.291. The van der Waals surface area contributed by atoms with Crippen LogP contribution >= 0.6 is 22.9 Å². The van der Waals surface area contributed by atoms with Crippen molar-refractivity contribution in [1.29, 1.82) is 5.26 Å². The maximum Gasteiger partial charge on any atom is 0.110 e. The highest BCUT2D eigenvalue weighted by atomic mass is 35.5. The van der Waals surface area contributed by atoms with Crippen molar-refractivity contribution < 1.29 is 0 Å². The van der Waals surface area contributed by atoms with E-state index in [-0.39, 0.29) is 17.6 Å². The number of likely N-dealkylation sites (tertiary alicyclic amines) is 1. The summed E-state index contributed by atoms with van der Waals surface area (Å²) in [5, 5.41) is 27.8. The Kier molecular flexibility index (Phi) is 8.78. The summed E-state index contributed by atoms with van der Waals surface area (Å²) < 4.78 is 2.03. The minimum absolute atomic E-state index is 0.0443. The van der Waals surface area contributed by atoms with E-state index in [0.717, 1.165) is 58.8 Å².